The van der Waals surface area contributed by atoms with Crippen LogP contribution in [0.4, 0.5) is 10.8 Å². The van der Waals surface area contributed by atoms with E-state index >= 15 is 0 Å². The number of methoxy groups -OCH3 is 1. The van der Waals surface area contributed by atoms with Gasteiger partial charge in [0, 0.05) is 6.54 Å². The minimum absolute atomic E-state index is 0.241. The molecule has 0 bridgehead atoms. The number of aromatic nitrogens is 1. The average Bonchev–Trinajstić information content (AvgIpc) is 3.04. The molecule has 0 aromatic carbocycles. The number of nitrogen functional groups attached to an aromatic ring is 1. The lowest BCUT2D eigenvalue weighted by Crippen LogP contribution is -2.16. The predicted molar refractivity (Wildman–Crippen MR) is 68.3 cm³/mol. The normalized spacial score (nSPS) is 16.6. The molecule has 0 spiro atoms. The maximum Gasteiger partial charge on any atom is 0.344 e. The monoisotopic (exact) mass is 255 g/mol. The number of nitrogens with zero attached hydrogens (tertiary/aromatic N) is 1. The molecular weight excluding hydrogens is 238 g/mol. The van der Waals surface area contributed by atoms with E-state index in [-0.39, 0.29) is 5.82 Å². The van der Waals surface area contributed by atoms with E-state index in [2.05, 4.69) is 16.6 Å². The molecule has 0 unspecified atom stereocenters. The Balaban J connectivity index is 2.08. The first kappa shape index (κ1) is 12.2. The molecule has 1 saturated carbocycles. The highest BCUT2D eigenvalue weighted by Gasteiger charge is 2.40. The van der Waals surface area contributed by atoms with Crippen LogP contribution < -0.4 is 11.1 Å². The van der Waals surface area contributed by atoms with E-state index in [0.29, 0.717) is 16.0 Å². The maximum atomic E-state index is 11.6. The fourth-order valence-corrected chi connectivity index (χ4v) is 2.52. The molecule has 94 valence electrons. The number of nitrogens with one attached hydrogen (secondary N) is 1. The highest BCUT2D eigenvalue weighted by Crippen LogP contribution is 2.48. The van der Waals surface area contributed by atoms with E-state index in [9.17, 15) is 4.79 Å². The summed E-state index contributed by atoms with van der Waals surface area (Å²) in [5.41, 5.74) is 6.44. The SMILES string of the molecule is CCC1(CNc2snc(N)c2C(=O)OC)CC1. The highest BCUT2D eigenvalue weighted by molar-refractivity contribution is 7.11. The molecule has 0 atom stereocenters. The third-order valence-electron chi connectivity index (χ3n) is 3.44. The van der Waals surface area contributed by atoms with E-state index in [1.807, 2.05) is 0 Å². The second kappa shape index (κ2) is 4.52. The zero-order valence-corrected chi connectivity index (χ0v) is 10.9. The highest BCUT2D eigenvalue weighted by atomic mass is 32.1. The van der Waals surface area contributed by atoms with E-state index in [4.69, 9.17) is 10.5 Å². The quantitative estimate of drug-likeness (QED) is 0.788. The maximum absolute atomic E-state index is 11.6. The van der Waals surface area contributed by atoms with Gasteiger partial charge in [-0.15, -0.1) is 0 Å². The largest absolute Gasteiger partial charge is 0.465 e. The van der Waals surface area contributed by atoms with Crippen LogP contribution in [0.5, 0.6) is 0 Å². The number of ether oxygens (including phenoxy) is 1. The van der Waals surface area contributed by atoms with Gasteiger partial charge in [-0.2, -0.15) is 4.37 Å². The number of rotatable bonds is 5. The van der Waals surface area contributed by atoms with Crippen LogP contribution in [-0.4, -0.2) is 24.0 Å². The molecule has 1 aromatic rings. The number of nitrogens with two attached hydrogens (primary N) is 1. The summed E-state index contributed by atoms with van der Waals surface area (Å²) in [6, 6.07) is 0. The summed E-state index contributed by atoms with van der Waals surface area (Å²) in [6.07, 6.45) is 3.65. The van der Waals surface area contributed by atoms with Crippen LogP contribution in [0.25, 0.3) is 0 Å². The molecule has 2 rings (SSSR count). The van der Waals surface area contributed by atoms with Gasteiger partial charge in [-0.1, -0.05) is 6.92 Å². The molecule has 1 fully saturated rings. The van der Waals surface area contributed by atoms with Crippen LogP contribution in [-0.2, 0) is 4.74 Å². The van der Waals surface area contributed by atoms with Crippen molar-refractivity contribution in [3.05, 3.63) is 5.56 Å². The molecule has 0 radical (unpaired) electrons. The molecule has 0 aliphatic heterocycles. The minimum Gasteiger partial charge on any atom is -0.465 e. The van der Waals surface area contributed by atoms with Crippen molar-refractivity contribution in [2.75, 3.05) is 24.7 Å². The Bertz CT molecular complexity index is 426. The Kier molecular flexibility index (Phi) is 3.24. The lowest BCUT2D eigenvalue weighted by molar-refractivity contribution is 0.0603. The summed E-state index contributed by atoms with van der Waals surface area (Å²) in [4.78, 5) is 11.6. The van der Waals surface area contributed by atoms with Gasteiger partial charge in [0.2, 0.25) is 0 Å². The van der Waals surface area contributed by atoms with Gasteiger partial charge >= 0.3 is 5.97 Å². The van der Waals surface area contributed by atoms with Gasteiger partial charge in [-0.3, -0.25) is 0 Å². The van der Waals surface area contributed by atoms with Gasteiger partial charge < -0.3 is 15.8 Å². The molecule has 6 heteroatoms. The van der Waals surface area contributed by atoms with Crippen LogP contribution in [0, 0.1) is 5.41 Å². The fraction of sp³-hybridized carbons (Fsp3) is 0.636. The van der Waals surface area contributed by atoms with Crippen LogP contribution >= 0.6 is 11.5 Å². The summed E-state index contributed by atoms with van der Waals surface area (Å²) < 4.78 is 8.69. The number of hydrogen-bond acceptors (Lipinski definition) is 6. The van der Waals surface area contributed by atoms with Crippen LogP contribution in [0.1, 0.15) is 36.5 Å². The second-order valence-corrected chi connectivity index (χ2v) is 5.24. The standard InChI is InChI=1S/C11H17N3O2S/c1-3-11(4-5-11)6-13-9-7(10(15)16-2)8(12)14-17-9/h13H,3-6H2,1-2H3,(H2,12,14). The molecule has 3 N–H and O–H groups in total. The van der Waals surface area contributed by atoms with Gasteiger partial charge in [0.25, 0.3) is 0 Å². The van der Waals surface area contributed by atoms with Crippen LogP contribution in [0.3, 0.4) is 0 Å². The summed E-state index contributed by atoms with van der Waals surface area (Å²) in [7, 11) is 1.34. The number of esters is 1. The summed E-state index contributed by atoms with van der Waals surface area (Å²) in [5, 5.41) is 3.99. The van der Waals surface area contributed by atoms with Crippen molar-refractivity contribution in [3.63, 3.8) is 0 Å². The smallest absolute Gasteiger partial charge is 0.344 e. The molecule has 1 heterocycles. The lowest BCUT2D eigenvalue weighted by atomic mass is 10.0. The van der Waals surface area contributed by atoms with Gasteiger partial charge in [0.15, 0.2) is 5.82 Å². The minimum atomic E-state index is -0.430. The summed E-state index contributed by atoms with van der Waals surface area (Å²) in [6.45, 7) is 3.06. The number of hydrogen-bond donors (Lipinski definition) is 2. The molecule has 1 aliphatic rings. The number of carbonyl (C=O) groups is 1. The van der Waals surface area contributed by atoms with Crippen molar-refractivity contribution < 1.29 is 9.53 Å². The number of anilines is 2. The van der Waals surface area contributed by atoms with E-state index < -0.39 is 5.97 Å². The topological polar surface area (TPSA) is 77.2 Å². The Morgan fingerprint density at radius 1 is 1.65 bits per heavy atom. The first-order valence-electron chi connectivity index (χ1n) is 5.69. The van der Waals surface area contributed by atoms with Gasteiger partial charge in [-0.05, 0) is 36.2 Å². The molecule has 0 saturated heterocycles. The molecule has 0 amide bonds. The van der Waals surface area contributed by atoms with Crippen molar-refractivity contribution in [2.24, 2.45) is 5.41 Å². The zero-order valence-electron chi connectivity index (χ0n) is 10.1. The van der Waals surface area contributed by atoms with Crippen molar-refractivity contribution in [1.82, 2.24) is 4.37 Å². The number of carbonyl (C=O) groups excluding carboxylic acids is 1. The van der Waals surface area contributed by atoms with Crippen molar-refractivity contribution in [1.29, 1.82) is 0 Å². The predicted octanol–water partition coefficient (Wildman–Crippen LogP) is 2.11. The summed E-state index contributed by atoms with van der Waals surface area (Å²) in [5.74, 6) is -0.189. The Hall–Kier alpha value is -1.30. The van der Waals surface area contributed by atoms with Gasteiger partial charge in [0.05, 0.1) is 7.11 Å². The Labute approximate surface area is 105 Å². The molecular formula is C11H17N3O2S. The first-order valence-corrected chi connectivity index (χ1v) is 6.46. The molecule has 17 heavy (non-hydrogen) atoms. The van der Waals surface area contributed by atoms with Crippen molar-refractivity contribution in [3.8, 4) is 0 Å². The first-order chi connectivity index (χ1) is 8.12. The Morgan fingerprint density at radius 3 is 2.88 bits per heavy atom. The van der Waals surface area contributed by atoms with E-state index in [1.165, 1.54) is 31.5 Å². The third kappa shape index (κ3) is 2.36. The Morgan fingerprint density at radius 2 is 2.35 bits per heavy atom. The van der Waals surface area contributed by atoms with Gasteiger partial charge in [0.1, 0.15) is 10.6 Å². The zero-order chi connectivity index (χ0) is 12.5. The second-order valence-electron chi connectivity index (χ2n) is 4.47. The van der Waals surface area contributed by atoms with Gasteiger partial charge in [-0.25, -0.2) is 4.79 Å². The lowest BCUT2D eigenvalue weighted by Gasteiger charge is -2.13. The van der Waals surface area contributed by atoms with Crippen LogP contribution in [0.2, 0.25) is 0 Å². The molecule has 5 nitrogen and oxygen atoms in total. The fourth-order valence-electron chi connectivity index (χ4n) is 1.82. The summed E-state index contributed by atoms with van der Waals surface area (Å²) >= 11 is 1.21. The van der Waals surface area contributed by atoms with Crippen molar-refractivity contribution >= 4 is 28.3 Å². The third-order valence-corrected chi connectivity index (χ3v) is 4.26. The van der Waals surface area contributed by atoms with Crippen LogP contribution in [0.15, 0.2) is 0 Å². The molecule has 1 aromatic heterocycles. The average molecular weight is 255 g/mol. The van der Waals surface area contributed by atoms with E-state index in [1.54, 1.807) is 0 Å². The van der Waals surface area contributed by atoms with E-state index in [0.717, 1.165) is 13.0 Å². The molecule has 1 aliphatic carbocycles. The van der Waals surface area contributed by atoms with Crippen molar-refractivity contribution in [2.45, 2.75) is 26.2 Å².